The quantitative estimate of drug-likeness (QED) is 0.633. The number of nitrogens with one attached hydrogen (secondary N) is 1. The van der Waals surface area contributed by atoms with Gasteiger partial charge in [0.2, 0.25) is 11.8 Å². The summed E-state index contributed by atoms with van der Waals surface area (Å²) in [6.45, 7) is 11.0. The van der Waals surface area contributed by atoms with Gasteiger partial charge in [0, 0.05) is 5.69 Å². The predicted molar refractivity (Wildman–Crippen MR) is 121 cm³/mol. The number of benzene rings is 1. The molecule has 3 heterocycles. The summed E-state index contributed by atoms with van der Waals surface area (Å²) in [5.41, 5.74) is 0.445. The third kappa shape index (κ3) is 3.21. The Kier molecular flexibility index (Phi) is 5.81. The van der Waals surface area contributed by atoms with Crippen molar-refractivity contribution < 1.29 is 29.0 Å². The molecule has 3 unspecified atom stereocenters. The van der Waals surface area contributed by atoms with Crippen LogP contribution in [0.2, 0.25) is 0 Å². The molecule has 180 valence electrons. The van der Waals surface area contributed by atoms with E-state index in [9.17, 15) is 19.5 Å². The highest BCUT2D eigenvalue weighted by Gasteiger charge is 2.80. The molecule has 1 aromatic rings. The number of rotatable bonds is 6. The Balaban J connectivity index is 1.81. The van der Waals surface area contributed by atoms with Gasteiger partial charge in [-0.1, -0.05) is 25.1 Å². The monoisotopic (exact) mass is 458 g/mol. The number of carbonyl (C=O) groups excluding carboxylic acids is 3. The lowest BCUT2D eigenvalue weighted by molar-refractivity contribution is -0.161. The molecule has 0 aliphatic carbocycles. The maximum Gasteiger partial charge on any atom is 0.312 e. The molecular weight excluding hydrogens is 424 g/mol. The van der Waals surface area contributed by atoms with Gasteiger partial charge in [0.1, 0.15) is 17.6 Å². The molecule has 2 N–H and O–H groups in total. The van der Waals surface area contributed by atoms with Crippen molar-refractivity contribution in [3.05, 3.63) is 29.3 Å². The van der Waals surface area contributed by atoms with Crippen LogP contribution in [0.1, 0.15) is 45.2 Å². The summed E-state index contributed by atoms with van der Waals surface area (Å²) in [6, 6.07) is 4.16. The average molecular weight is 459 g/mol. The van der Waals surface area contributed by atoms with Gasteiger partial charge < -0.3 is 24.8 Å². The topological polar surface area (TPSA) is 105 Å². The highest BCUT2D eigenvalue weighted by Crippen LogP contribution is 2.65. The van der Waals surface area contributed by atoms with Crippen LogP contribution >= 0.6 is 0 Å². The number of hydrogen-bond acceptors (Lipinski definition) is 6. The van der Waals surface area contributed by atoms with Gasteiger partial charge in [0.05, 0.1) is 30.8 Å². The number of hydrogen-bond donors (Lipinski definition) is 2. The van der Waals surface area contributed by atoms with Crippen molar-refractivity contribution in [2.45, 2.75) is 71.2 Å². The van der Waals surface area contributed by atoms with Crippen LogP contribution < -0.4 is 5.32 Å². The van der Waals surface area contributed by atoms with E-state index in [2.05, 4.69) is 5.32 Å². The van der Waals surface area contributed by atoms with Gasteiger partial charge in [-0.3, -0.25) is 14.4 Å². The second kappa shape index (κ2) is 8.09. The Morgan fingerprint density at radius 1 is 1.33 bits per heavy atom. The Hall–Kier alpha value is -2.45. The second-order valence-corrected chi connectivity index (χ2v) is 9.99. The minimum absolute atomic E-state index is 0.0594. The van der Waals surface area contributed by atoms with Crippen LogP contribution in [0.3, 0.4) is 0 Å². The van der Waals surface area contributed by atoms with Gasteiger partial charge in [-0.05, 0) is 58.1 Å². The number of anilines is 1. The van der Waals surface area contributed by atoms with Crippen molar-refractivity contribution >= 4 is 23.5 Å². The van der Waals surface area contributed by atoms with Crippen molar-refractivity contribution in [3.63, 3.8) is 0 Å². The fraction of sp³-hybridized carbons (Fsp3) is 0.640. The molecule has 4 rings (SSSR count). The molecule has 3 aliphatic rings. The summed E-state index contributed by atoms with van der Waals surface area (Å²) in [6.07, 6.45) is 0.468. The Bertz CT molecular complexity index is 975. The van der Waals surface area contributed by atoms with E-state index in [-0.39, 0.29) is 30.9 Å². The molecule has 1 aromatic carbocycles. The van der Waals surface area contributed by atoms with E-state index in [1.165, 1.54) is 4.90 Å². The van der Waals surface area contributed by atoms with E-state index >= 15 is 0 Å². The number of esters is 1. The van der Waals surface area contributed by atoms with Crippen LogP contribution in [-0.4, -0.2) is 64.3 Å². The summed E-state index contributed by atoms with van der Waals surface area (Å²) < 4.78 is 11.9. The molecule has 0 aromatic heterocycles. The van der Waals surface area contributed by atoms with Gasteiger partial charge in [-0.2, -0.15) is 0 Å². The normalized spacial score (nSPS) is 35.5. The molecule has 1 spiro atoms. The first-order valence-corrected chi connectivity index (χ1v) is 11.7. The number of para-hydroxylation sites is 1. The zero-order valence-corrected chi connectivity index (χ0v) is 20.2. The molecule has 8 nitrogen and oxygen atoms in total. The number of aryl methyl sites for hydroxylation is 2. The van der Waals surface area contributed by atoms with Crippen LogP contribution in [0.5, 0.6) is 0 Å². The number of fused-ring (bicyclic) bond motifs is 1. The maximum absolute atomic E-state index is 13.9. The summed E-state index contributed by atoms with van der Waals surface area (Å²) >= 11 is 0. The van der Waals surface area contributed by atoms with Gasteiger partial charge in [0.15, 0.2) is 0 Å². The molecule has 7 atom stereocenters. The van der Waals surface area contributed by atoms with Crippen LogP contribution in [0.15, 0.2) is 18.2 Å². The molecule has 3 saturated heterocycles. The second-order valence-electron chi connectivity index (χ2n) is 9.99. The average Bonchev–Trinajstić information content (AvgIpc) is 3.27. The van der Waals surface area contributed by atoms with Gasteiger partial charge in [0.25, 0.3) is 0 Å². The minimum atomic E-state index is -1.16. The first-order valence-electron chi connectivity index (χ1n) is 11.7. The number of amides is 2. The van der Waals surface area contributed by atoms with E-state index in [4.69, 9.17) is 9.47 Å². The highest BCUT2D eigenvalue weighted by atomic mass is 16.6. The van der Waals surface area contributed by atoms with Crippen LogP contribution in [0.4, 0.5) is 5.69 Å². The number of carbonyl (C=O) groups is 3. The van der Waals surface area contributed by atoms with Crippen LogP contribution in [0.25, 0.3) is 0 Å². The summed E-state index contributed by atoms with van der Waals surface area (Å²) in [5.74, 6) is -2.88. The number of likely N-dealkylation sites (tertiary alicyclic amines) is 1. The first kappa shape index (κ1) is 23.7. The number of aliphatic hydroxyl groups excluding tert-OH is 1. The summed E-state index contributed by atoms with van der Waals surface area (Å²) in [7, 11) is 0. The zero-order valence-electron chi connectivity index (χ0n) is 20.2. The van der Waals surface area contributed by atoms with E-state index in [0.29, 0.717) is 12.1 Å². The predicted octanol–water partition coefficient (Wildman–Crippen LogP) is 2.20. The van der Waals surface area contributed by atoms with Crippen LogP contribution in [0, 0.1) is 31.6 Å². The molecule has 8 heteroatoms. The lowest BCUT2D eigenvalue weighted by atomic mass is 9.62. The zero-order chi connectivity index (χ0) is 24.3. The lowest BCUT2D eigenvalue weighted by Gasteiger charge is -2.36. The largest absolute Gasteiger partial charge is 0.466 e. The third-order valence-corrected chi connectivity index (χ3v) is 8.01. The van der Waals surface area contributed by atoms with Gasteiger partial charge in [-0.25, -0.2) is 0 Å². The smallest absolute Gasteiger partial charge is 0.312 e. The molecule has 3 aliphatic heterocycles. The summed E-state index contributed by atoms with van der Waals surface area (Å²) in [5, 5.41) is 13.0. The van der Waals surface area contributed by atoms with Gasteiger partial charge >= 0.3 is 5.97 Å². The molecule has 0 radical (unpaired) electrons. The maximum atomic E-state index is 13.9. The van der Waals surface area contributed by atoms with Crippen molar-refractivity contribution in [2.24, 2.45) is 17.8 Å². The first-order chi connectivity index (χ1) is 15.5. The van der Waals surface area contributed by atoms with E-state index in [1.54, 1.807) is 13.8 Å². The standard InChI is InChI=1S/C25H34N2O6/c1-7-32-23(31)18-17-22(30)27(16(5)12-28)20(25(17)11-15(4)24(18,6)33-25)21(29)26-19-13(2)9-8-10-14(19)3/h8-10,15-18,20,28H,7,11-12H2,1-6H3,(H,26,29)/t15?,16-,17+,18+,20?,24-,25?/m1/s1. The minimum Gasteiger partial charge on any atom is -0.466 e. The third-order valence-electron chi connectivity index (χ3n) is 8.01. The van der Waals surface area contributed by atoms with Crippen molar-refractivity contribution in [3.8, 4) is 0 Å². The SMILES string of the molecule is CCOC(=O)[C@@H]1[C@H]2C(=O)N([C@H](C)CO)C(C(=O)Nc3c(C)cccc3C)C23CC(C)[C@@]1(C)O3. The molecule has 2 amide bonds. The molecule has 0 saturated carbocycles. The fourth-order valence-electron chi connectivity index (χ4n) is 6.33. The highest BCUT2D eigenvalue weighted by molar-refractivity contribution is 6.04. The van der Waals surface area contributed by atoms with Crippen molar-refractivity contribution in [1.82, 2.24) is 4.90 Å². The fourth-order valence-corrected chi connectivity index (χ4v) is 6.33. The van der Waals surface area contributed by atoms with Crippen LogP contribution in [-0.2, 0) is 23.9 Å². The Morgan fingerprint density at radius 2 is 1.97 bits per heavy atom. The Labute approximate surface area is 194 Å². The van der Waals surface area contributed by atoms with E-state index < -0.39 is 41.1 Å². The lowest BCUT2D eigenvalue weighted by Crippen LogP contribution is -2.56. The van der Waals surface area contributed by atoms with E-state index in [1.807, 2.05) is 45.9 Å². The van der Waals surface area contributed by atoms with Gasteiger partial charge in [-0.15, -0.1) is 0 Å². The Morgan fingerprint density at radius 3 is 2.55 bits per heavy atom. The number of nitrogens with zero attached hydrogens (tertiary/aromatic N) is 1. The molecular formula is C25H34N2O6. The summed E-state index contributed by atoms with van der Waals surface area (Å²) in [4.78, 5) is 42.1. The molecule has 2 bridgehead atoms. The van der Waals surface area contributed by atoms with Crippen molar-refractivity contribution in [2.75, 3.05) is 18.5 Å². The van der Waals surface area contributed by atoms with Crippen molar-refractivity contribution in [1.29, 1.82) is 0 Å². The molecule has 3 fully saturated rings. The van der Waals surface area contributed by atoms with E-state index in [0.717, 1.165) is 11.1 Å². The molecule has 33 heavy (non-hydrogen) atoms. The number of ether oxygens (including phenoxy) is 2. The number of aliphatic hydroxyl groups is 1.